The molecule has 0 atom stereocenters. The first-order valence-corrected chi connectivity index (χ1v) is 9.15. The number of benzene rings is 2. The molecule has 0 fully saturated rings. The summed E-state index contributed by atoms with van der Waals surface area (Å²) in [6.45, 7) is 0.226. The van der Waals surface area contributed by atoms with Gasteiger partial charge in [-0.15, -0.1) is 16.4 Å². The van der Waals surface area contributed by atoms with Gasteiger partial charge < -0.3 is 4.57 Å². The molecule has 0 saturated heterocycles. The first kappa shape index (κ1) is 15.0. The number of carbonyl (C=O) groups excluding carboxylic acids is 1. The van der Waals surface area contributed by atoms with Gasteiger partial charge in [0, 0.05) is 5.56 Å². The van der Waals surface area contributed by atoms with Crippen LogP contribution in [0.2, 0.25) is 0 Å². The molecule has 5 rings (SSSR count). The molecule has 5 nitrogen and oxygen atoms in total. The fourth-order valence-electron chi connectivity index (χ4n) is 3.14. The first-order valence-electron chi connectivity index (χ1n) is 8.27. The fourth-order valence-corrected chi connectivity index (χ4v) is 3.80. The number of Topliss-reactive ketones (excluding diaryl/α,β-unsaturated/α-hetero) is 1. The largest absolute Gasteiger partial charge is 0.300 e. The number of nitrogens with zero attached hydrogens (tertiary/aromatic N) is 4. The molecule has 0 unspecified atom stereocenters. The molecule has 6 heteroatoms. The molecule has 0 aliphatic carbocycles. The van der Waals surface area contributed by atoms with Crippen LogP contribution in [0.25, 0.3) is 27.5 Å². The van der Waals surface area contributed by atoms with Gasteiger partial charge in [-0.3, -0.25) is 4.79 Å². The van der Waals surface area contributed by atoms with Crippen LogP contribution in [0.5, 0.6) is 0 Å². The van der Waals surface area contributed by atoms with Crippen LogP contribution in [-0.2, 0) is 6.54 Å². The van der Waals surface area contributed by atoms with E-state index in [4.69, 9.17) is 4.98 Å². The van der Waals surface area contributed by atoms with E-state index in [9.17, 15) is 4.79 Å². The monoisotopic (exact) mass is 358 g/mol. The number of para-hydroxylation sites is 2. The highest BCUT2D eigenvalue weighted by atomic mass is 32.1. The molecule has 0 aliphatic rings. The van der Waals surface area contributed by atoms with Gasteiger partial charge in [-0.05, 0) is 23.6 Å². The van der Waals surface area contributed by atoms with Crippen LogP contribution >= 0.6 is 11.3 Å². The fraction of sp³-hybridized carbons (Fsp3) is 0.0500. The van der Waals surface area contributed by atoms with Crippen LogP contribution in [0, 0.1) is 0 Å². The van der Waals surface area contributed by atoms with Crippen LogP contribution in [-0.4, -0.2) is 24.9 Å². The number of imidazole rings is 1. The maximum Gasteiger partial charge on any atom is 0.234 e. The Hall–Kier alpha value is -3.25. The molecular formula is C20H14N4OS. The number of fused-ring (bicyclic) bond motifs is 3. The second-order valence-electron chi connectivity index (χ2n) is 5.99. The summed E-state index contributed by atoms with van der Waals surface area (Å²) >= 11 is 1.60. The summed E-state index contributed by atoms with van der Waals surface area (Å²) in [5.41, 5.74) is 2.59. The van der Waals surface area contributed by atoms with Crippen LogP contribution in [0.4, 0.5) is 0 Å². The Morgan fingerprint density at radius 1 is 0.923 bits per heavy atom. The van der Waals surface area contributed by atoms with Crippen molar-refractivity contribution in [2.24, 2.45) is 0 Å². The summed E-state index contributed by atoms with van der Waals surface area (Å²) in [6, 6.07) is 21.3. The van der Waals surface area contributed by atoms with Gasteiger partial charge in [0.05, 0.1) is 22.5 Å². The lowest BCUT2D eigenvalue weighted by Gasteiger charge is -2.04. The molecule has 0 radical (unpaired) electrons. The van der Waals surface area contributed by atoms with Crippen molar-refractivity contribution in [3.8, 4) is 10.7 Å². The maximum absolute atomic E-state index is 12.8. The summed E-state index contributed by atoms with van der Waals surface area (Å²) in [5.74, 6) is 1.41. The Labute approximate surface area is 153 Å². The minimum absolute atomic E-state index is 0.0505. The SMILES string of the molecule is O=C(Cn1c2ccccc2n2nc(-c3cccs3)nc12)c1ccccc1. The lowest BCUT2D eigenvalue weighted by Crippen LogP contribution is -2.10. The summed E-state index contributed by atoms with van der Waals surface area (Å²) in [4.78, 5) is 18.5. The normalized spacial score (nSPS) is 11.4. The van der Waals surface area contributed by atoms with Crippen molar-refractivity contribution in [3.63, 3.8) is 0 Å². The Kier molecular flexibility index (Phi) is 3.43. The molecule has 0 saturated carbocycles. The third-order valence-corrected chi connectivity index (χ3v) is 5.24. The van der Waals surface area contributed by atoms with Crippen molar-refractivity contribution in [1.82, 2.24) is 19.2 Å². The average Bonchev–Trinajstić information content (AvgIpc) is 3.40. The van der Waals surface area contributed by atoms with E-state index >= 15 is 0 Å². The molecule has 0 bridgehead atoms. The van der Waals surface area contributed by atoms with Crippen LogP contribution in [0.15, 0.2) is 72.1 Å². The summed E-state index contributed by atoms with van der Waals surface area (Å²) in [7, 11) is 0. The second kappa shape index (κ2) is 5.93. The van der Waals surface area contributed by atoms with E-state index in [1.807, 2.05) is 81.2 Å². The second-order valence-corrected chi connectivity index (χ2v) is 6.94. The quantitative estimate of drug-likeness (QED) is 0.450. The molecule has 2 aromatic carbocycles. The molecule has 5 aromatic rings. The predicted octanol–water partition coefficient (Wildman–Crippen LogP) is 4.30. The van der Waals surface area contributed by atoms with Crippen molar-refractivity contribution < 1.29 is 4.79 Å². The van der Waals surface area contributed by atoms with E-state index in [0.29, 0.717) is 17.2 Å². The molecule has 0 amide bonds. The topological polar surface area (TPSA) is 52.2 Å². The zero-order chi connectivity index (χ0) is 17.5. The van der Waals surface area contributed by atoms with Crippen molar-refractivity contribution in [2.45, 2.75) is 6.54 Å². The molecule has 26 heavy (non-hydrogen) atoms. The molecule has 0 aliphatic heterocycles. The third-order valence-electron chi connectivity index (χ3n) is 4.37. The lowest BCUT2D eigenvalue weighted by atomic mass is 10.1. The van der Waals surface area contributed by atoms with Gasteiger partial charge in [-0.2, -0.15) is 9.50 Å². The Balaban J connectivity index is 1.68. The number of aromatic nitrogens is 4. The van der Waals surface area contributed by atoms with Crippen molar-refractivity contribution in [1.29, 1.82) is 0 Å². The average molecular weight is 358 g/mol. The third kappa shape index (κ3) is 2.34. The highest BCUT2D eigenvalue weighted by molar-refractivity contribution is 7.13. The van der Waals surface area contributed by atoms with Crippen LogP contribution < -0.4 is 0 Å². The Bertz CT molecular complexity index is 1220. The number of carbonyl (C=O) groups is 1. The van der Waals surface area contributed by atoms with Crippen LogP contribution in [0.3, 0.4) is 0 Å². The molecule has 3 heterocycles. The van der Waals surface area contributed by atoms with E-state index in [-0.39, 0.29) is 12.3 Å². The van der Waals surface area contributed by atoms with Gasteiger partial charge in [0.15, 0.2) is 11.6 Å². The van der Waals surface area contributed by atoms with Gasteiger partial charge in [-0.25, -0.2) is 0 Å². The minimum Gasteiger partial charge on any atom is -0.300 e. The Morgan fingerprint density at radius 3 is 2.46 bits per heavy atom. The standard InChI is InChI=1S/C20H14N4OS/c25-17(14-7-2-1-3-8-14)13-23-15-9-4-5-10-16(15)24-20(23)21-19(22-24)18-11-6-12-26-18/h1-12H,13H2. The van der Waals surface area contributed by atoms with E-state index in [2.05, 4.69) is 5.10 Å². The molecular weight excluding hydrogens is 344 g/mol. The number of hydrogen-bond donors (Lipinski definition) is 0. The highest BCUT2D eigenvalue weighted by Gasteiger charge is 2.18. The summed E-state index contributed by atoms with van der Waals surface area (Å²) < 4.78 is 3.76. The van der Waals surface area contributed by atoms with Gasteiger partial charge >= 0.3 is 0 Å². The van der Waals surface area contributed by atoms with Crippen molar-refractivity contribution >= 4 is 33.9 Å². The Morgan fingerprint density at radius 2 is 1.69 bits per heavy atom. The predicted molar refractivity (Wildman–Crippen MR) is 103 cm³/mol. The van der Waals surface area contributed by atoms with Crippen LogP contribution in [0.1, 0.15) is 10.4 Å². The number of ketones is 1. The summed E-state index contributed by atoms with van der Waals surface area (Å²) in [5, 5.41) is 6.67. The number of hydrogen-bond acceptors (Lipinski definition) is 4. The van der Waals surface area contributed by atoms with Crippen molar-refractivity contribution in [3.05, 3.63) is 77.7 Å². The first-order chi connectivity index (χ1) is 12.8. The van der Waals surface area contributed by atoms with Gasteiger partial charge in [0.2, 0.25) is 5.78 Å². The number of rotatable bonds is 4. The number of thiophene rings is 1. The van der Waals surface area contributed by atoms with E-state index in [0.717, 1.165) is 15.9 Å². The van der Waals surface area contributed by atoms with E-state index in [1.165, 1.54) is 0 Å². The smallest absolute Gasteiger partial charge is 0.234 e. The van der Waals surface area contributed by atoms with Gasteiger partial charge in [0.25, 0.3) is 0 Å². The molecule has 0 N–H and O–H groups in total. The van der Waals surface area contributed by atoms with Gasteiger partial charge in [0.1, 0.15) is 0 Å². The minimum atomic E-state index is 0.0505. The molecule has 3 aromatic heterocycles. The highest BCUT2D eigenvalue weighted by Crippen LogP contribution is 2.26. The maximum atomic E-state index is 12.8. The zero-order valence-corrected chi connectivity index (χ0v) is 14.6. The zero-order valence-electron chi connectivity index (χ0n) is 13.7. The molecule has 126 valence electrons. The van der Waals surface area contributed by atoms with E-state index < -0.39 is 0 Å². The lowest BCUT2D eigenvalue weighted by molar-refractivity contribution is 0.0974. The van der Waals surface area contributed by atoms with Crippen molar-refractivity contribution in [2.75, 3.05) is 0 Å². The van der Waals surface area contributed by atoms with Gasteiger partial charge in [-0.1, -0.05) is 48.5 Å². The van der Waals surface area contributed by atoms with E-state index in [1.54, 1.807) is 11.3 Å². The summed E-state index contributed by atoms with van der Waals surface area (Å²) in [6.07, 6.45) is 0. The molecule has 0 spiro atoms.